The van der Waals surface area contributed by atoms with Crippen molar-refractivity contribution in [2.45, 2.75) is 51.5 Å². The van der Waals surface area contributed by atoms with E-state index in [1.807, 2.05) is 0 Å². The van der Waals surface area contributed by atoms with Crippen LogP contribution >= 0.6 is 0 Å². The third-order valence-corrected chi connectivity index (χ3v) is 4.97. The summed E-state index contributed by atoms with van der Waals surface area (Å²) in [5.41, 5.74) is 0.463. The van der Waals surface area contributed by atoms with Crippen molar-refractivity contribution in [1.29, 1.82) is 0 Å². The normalized spacial score (nSPS) is 27.0. The van der Waals surface area contributed by atoms with Crippen LogP contribution in [0.2, 0.25) is 0 Å². The summed E-state index contributed by atoms with van der Waals surface area (Å²) in [5, 5.41) is 0. The molecule has 11 nitrogen and oxygen atoms in total. The number of imide groups is 1. The van der Waals surface area contributed by atoms with E-state index in [9.17, 15) is 24.0 Å². The third-order valence-electron chi connectivity index (χ3n) is 4.97. The first kappa shape index (κ1) is 23.4. The first-order chi connectivity index (χ1) is 15.1. The van der Waals surface area contributed by atoms with Gasteiger partial charge in [-0.2, -0.15) is 0 Å². The van der Waals surface area contributed by atoms with Crippen molar-refractivity contribution in [2.75, 3.05) is 13.7 Å². The number of benzene rings is 1. The van der Waals surface area contributed by atoms with E-state index in [-0.39, 0.29) is 17.7 Å². The summed E-state index contributed by atoms with van der Waals surface area (Å²) in [6.45, 7) is 3.08. The number of hydrogen-bond donors (Lipinski definition) is 0. The Balaban J connectivity index is 1.95. The van der Waals surface area contributed by atoms with Crippen LogP contribution in [0.3, 0.4) is 0 Å². The number of esters is 3. The molecule has 11 heteroatoms. The van der Waals surface area contributed by atoms with Crippen molar-refractivity contribution in [1.82, 2.24) is 4.90 Å². The summed E-state index contributed by atoms with van der Waals surface area (Å²) < 4.78 is 27.0. The smallest absolute Gasteiger partial charge is 0.303 e. The summed E-state index contributed by atoms with van der Waals surface area (Å²) in [4.78, 5) is 61.7. The zero-order chi connectivity index (χ0) is 23.6. The largest absolute Gasteiger partial charge is 0.456 e. The topological polar surface area (TPSA) is 135 Å². The Hall–Kier alpha value is -3.31. The predicted molar refractivity (Wildman–Crippen MR) is 104 cm³/mol. The molecule has 5 atom stereocenters. The van der Waals surface area contributed by atoms with E-state index < -0.39 is 60.4 Å². The quantitative estimate of drug-likeness (QED) is 0.342. The monoisotopic (exact) mass is 449 g/mol. The number of rotatable bonds is 6. The Bertz CT molecular complexity index is 909. The maximum absolute atomic E-state index is 12.8. The van der Waals surface area contributed by atoms with Crippen LogP contribution in [0.15, 0.2) is 24.3 Å². The minimum absolute atomic E-state index is 0.231. The van der Waals surface area contributed by atoms with Gasteiger partial charge in [0, 0.05) is 27.9 Å². The van der Waals surface area contributed by atoms with E-state index in [1.165, 1.54) is 19.2 Å². The van der Waals surface area contributed by atoms with Gasteiger partial charge < -0.3 is 23.7 Å². The molecule has 1 aromatic carbocycles. The average Bonchev–Trinajstić information content (AvgIpc) is 2.96. The molecule has 1 aromatic rings. The highest BCUT2D eigenvalue weighted by atomic mass is 16.7. The Morgan fingerprint density at radius 2 is 1.31 bits per heavy atom. The minimum Gasteiger partial charge on any atom is -0.456 e. The second-order valence-corrected chi connectivity index (χ2v) is 7.27. The van der Waals surface area contributed by atoms with Gasteiger partial charge in [-0.3, -0.25) is 28.9 Å². The maximum Gasteiger partial charge on any atom is 0.303 e. The number of carbonyl (C=O) groups is 5. The molecule has 0 aliphatic carbocycles. The second-order valence-electron chi connectivity index (χ2n) is 7.27. The van der Waals surface area contributed by atoms with Gasteiger partial charge in [-0.25, -0.2) is 0 Å². The van der Waals surface area contributed by atoms with Crippen molar-refractivity contribution in [3.8, 4) is 0 Å². The summed E-state index contributed by atoms with van der Waals surface area (Å²) in [5.74, 6) is -3.27. The molecule has 3 rings (SSSR count). The van der Waals surface area contributed by atoms with Crippen LogP contribution in [0, 0.1) is 0 Å². The van der Waals surface area contributed by atoms with Crippen LogP contribution in [-0.2, 0) is 38.1 Å². The van der Waals surface area contributed by atoms with E-state index in [4.69, 9.17) is 23.7 Å². The Morgan fingerprint density at radius 1 is 0.844 bits per heavy atom. The van der Waals surface area contributed by atoms with Crippen molar-refractivity contribution >= 4 is 29.7 Å². The van der Waals surface area contributed by atoms with Gasteiger partial charge in [0.05, 0.1) is 17.7 Å². The predicted octanol–water partition coefficient (Wildman–Crippen LogP) is 0.449. The standard InChI is InChI=1S/C21H23NO10/c1-10(23)29-16-15(9-22-19(26)13-7-5-6-8-14(13)20(22)27)32-21(28-4)18(31-12(3)25)17(16)30-11(2)24/h5-8,15-18,21H,9H2,1-4H3/t15-,16+,17+,18-,21+/m1/s1. The molecule has 2 aliphatic heterocycles. The minimum atomic E-state index is -1.31. The van der Waals surface area contributed by atoms with E-state index in [1.54, 1.807) is 12.1 Å². The van der Waals surface area contributed by atoms with Gasteiger partial charge in [-0.05, 0) is 12.1 Å². The summed E-state index contributed by atoms with van der Waals surface area (Å²) >= 11 is 0. The van der Waals surface area contributed by atoms with Crippen LogP contribution in [0.4, 0.5) is 0 Å². The lowest BCUT2D eigenvalue weighted by atomic mass is 9.97. The van der Waals surface area contributed by atoms with Gasteiger partial charge in [-0.1, -0.05) is 12.1 Å². The van der Waals surface area contributed by atoms with E-state index in [0.29, 0.717) is 0 Å². The zero-order valence-electron chi connectivity index (χ0n) is 17.9. The van der Waals surface area contributed by atoms with Crippen molar-refractivity contribution in [2.24, 2.45) is 0 Å². The number of ether oxygens (including phenoxy) is 5. The fourth-order valence-electron chi connectivity index (χ4n) is 3.78. The molecule has 172 valence electrons. The van der Waals surface area contributed by atoms with Crippen LogP contribution in [-0.4, -0.2) is 79.0 Å². The highest BCUT2D eigenvalue weighted by Gasteiger charge is 2.53. The molecule has 0 radical (unpaired) electrons. The Kier molecular flexibility index (Phi) is 6.90. The Labute approximate surface area is 183 Å². The number of amides is 2. The van der Waals surface area contributed by atoms with E-state index >= 15 is 0 Å². The molecule has 0 aromatic heterocycles. The lowest BCUT2D eigenvalue weighted by Gasteiger charge is -2.44. The molecule has 0 spiro atoms. The Morgan fingerprint density at radius 3 is 1.78 bits per heavy atom. The fourth-order valence-corrected chi connectivity index (χ4v) is 3.78. The number of methoxy groups -OCH3 is 1. The van der Waals surface area contributed by atoms with E-state index in [0.717, 1.165) is 25.7 Å². The highest BCUT2D eigenvalue weighted by molar-refractivity contribution is 6.21. The third kappa shape index (κ3) is 4.63. The molecular weight excluding hydrogens is 426 g/mol. The fraction of sp³-hybridized carbons (Fsp3) is 0.476. The lowest BCUT2D eigenvalue weighted by molar-refractivity contribution is -0.298. The van der Waals surface area contributed by atoms with Crippen LogP contribution < -0.4 is 0 Å². The number of hydrogen-bond acceptors (Lipinski definition) is 10. The van der Waals surface area contributed by atoms with Crippen LogP contribution in [0.5, 0.6) is 0 Å². The molecule has 0 unspecified atom stereocenters. The summed E-state index contributed by atoms with van der Waals surface area (Å²) in [6, 6.07) is 6.32. The van der Waals surface area contributed by atoms with Crippen molar-refractivity contribution in [3.05, 3.63) is 35.4 Å². The number of nitrogens with zero attached hydrogens (tertiary/aromatic N) is 1. The molecule has 1 saturated heterocycles. The first-order valence-electron chi connectivity index (χ1n) is 9.79. The molecule has 2 amide bonds. The second kappa shape index (κ2) is 9.45. The number of fused-ring (bicyclic) bond motifs is 1. The molecule has 0 saturated carbocycles. The van der Waals surface area contributed by atoms with Gasteiger partial charge in [0.1, 0.15) is 6.10 Å². The van der Waals surface area contributed by atoms with Gasteiger partial charge in [0.15, 0.2) is 24.6 Å². The van der Waals surface area contributed by atoms with Gasteiger partial charge in [-0.15, -0.1) is 0 Å². The van der Waals surface area contributed by atoms with Gasteiger partial charge in [0.2, 0.25) is 0 Å². The zero-order valence-corrected chi connectivity index (χ0v) is 17.9. The average molecular weight is 449 g/mol. The first-order valence-corrected chi connectivity index (χ1v) is 9.79. The summed E-state index contributed by atoms with van der Waals surface area (Å²) in [6.07, 6.45) is -6.22. The molecule has 32 heavy (non-hydrogen) atoms. The molecule has 0 N–H and O–H groups in total. The van der Waals surface area contributed by atoms with E-state index in [2.05, 4.69) is 0 Å². The molecule has 1 fully saturated rings. The molecule has 2 heterocycles. The van der Waals surface area contributed by atoms with Crippen LogP contribution in [0.25, 0.3) is 0 Å². The van der Waals surface area contributed by atoms with Crippen LogP contribution in [0.1, 0.15) is 41.5 Å². The van der Waals surface area contributed by atoms with Crippen molar-refractivity contribution < 1.29 is 47.7 Å². The highest BCUT2D eigenvalue weighted by Crippen LogP contribution is 2.31. The summed E-state index contributed by atoms with van der Waals surface area (Å²) in [7, 11) is 1.28. The van der Waals surface area contributed by atoms with Gasteiger partial charge in [0.25, 0.3) is 11.8 Å². The lowest BCUT2D eigenvalue weighted by Crippen LogP contribution is -2.63. The molecule has 2 aliphatic rings. The SMILES string of the molecule is CO[C@H]1O[C@H](CN2C(=O)c3ccccc3C2=O)[C@H](OC(C)=O)[C@H](OC(C)=O)[C@H]1OC(C)=O. The molecular formula is C21H23NO10. The van der Waals surface area contributed by atoms with Gasteiger partial charge >= 0.3 is 17.9 Å². The number of carbonyl (C=O) groups excluding carboxylic acids is 5. The van der Waals surface area contributed by atoms with Crippen molar-refractivity contribution in [3.63, 3.8) is 0 Å². The maximum atomic E-state index is 12.8. The molecule has 0 bridgehead atoms.